The molecule has 12 nitrogen and oxygen atoms in total. The van der Waals surface area contributed by atoms with Crippen LogP contribution in [0, 0.1) is 0 Å². The average molecular weight is 621 g/mol. The van der Waals surface area contributed by atoms with Crippen molar-refractivity contribution in [1.82, 2.24) is 29.8 Å². The Kier molecular flexibility index (Phi) is 7.98. The number of likely N-dealkylation sites (tertiary alicyclic amines) is 1. The molecule has 0 saturated carbocycles. The number of halogens is 7. The van der Waals surface area contributed by atoms with E-state index < -0.39 is 83.4 Å². The maximum Gasteiger partial charge on any atom is 0.426 e. The Balaban J connectivity index is 1.69. The second-order valence-corrected chi connectivity index (χ2v) is 9.65. The van der Waals surface area contributed by atoms with Gasteiger partial charge in [-0.15, -0.1) is 0 Å². The standard InChI is InChI=1S/C24H22F7N7O5/c1-10(39)35-18-17-13(23(26,27)28)5-16(38(17)34-9-33-18)11-4-12(20(43-3)32-6-11)19(40)36-15-8-37(7-14(15)25)21(41)22(2,42)24(29,30)31/h4-6,9,14-15,42H,7-8H2,1-3H3,(H,36,40)(H,33,34,35,39)/t14-,15+,22+/m0/s1. The predicted octanol–water partition coefficient (Wildman–Crippen LogP) is 2.37. The van der Waals surface area contributed by atoms with Crippen LogP contribution in [0.2, 0.25) is 0 Å². The van der Waals surface area contributed by atoms with Gasteiger partial charge < -0.3 is 25.4 Å². The van der Waals surface area contributed by atoms with Gasteiger partial charge in [0.2, 0.25) is 17.4 Å². The number of carbonyl (C=O) groups is 3. The summed E-state index contributed by atoms with van der Waals surface area (Å²) in [5.74, 6) is -4.39. The van der Waals surface area contributed by atoms with Crippen LogP contribution in [0.5, 0.6) is 5.88 Å². The number of aromatic nitrogens is 4. The van der Waals surface area contributed by atoms with Crippen molar-refractivity contribution in [1.29, 1.82) is 0 Å². The third-order valence-electron chi connectivity index (χ3n) is 6.56. The number of nitrogens with zero attached hydrogens (tertiary/aromatic N) is 5. The minimum atomic E-state index is -5.35. The van der Waals surface area contributed by atoms with E-state index in [0.29, 0.717) is 11.0 Å². The van der Waals surface area contributed by atoms with Crippen LogP contribution in [-0.4, -0.2) is 91.5 Å². The second kappa shape index (κ2) is 10.9. The van der Waals surface area contributed by atoms with Crippen LogP contribution in [0.25, 0.3) is 16.8 Å². The summed E-state index contributed by atoms with van der Waals surface area (Å²) >= 11 is 0. The summed E-state index contributed by atoms with van der Waals surface area (Å²) < 4.78 is 102. The lowest BCUT2D eigenvalue weighted by molar-refractivity contribution is -0.249. The smallest absolute Gasteiger partial charge is 0.426 e. The molecule has 0 unspecified atom stereocenters. The summed E-state index contributed by atoms with van der Waals surface area (Å²) in [6.45, 7) is -0.309. The Morgan fingerprint density at radius 2 is 1.77 bits per heavy atom. The van der Waals surface area contributed by atoms with Crippen molar-refractivity contribution >= 4 is 29.1 Å². The highest BCUT2D eigenvalue weighted by molar-refractivity contribution is 5.98. The highest BCUT2D eigenvalue weighted by atomic mass is 19.4. The summed E-state index contributed by atoms with van der Waals surface area (Å²) in [6, 6.07) is 0.223. The first-order valence-electron chi connectivity index (χ1n) is 12.2. The Morgan fingerprint density at radius 3 is 2.35 bits per heavy atom. The quantitative estimate of drug-likeness (QED) is 0.355. The van der Waals surface area contributed by atoms with Crippen molar-refractivity contribution in [2.45, 2.75) is 44.0 Å². The van der Waals surface area contributed by atoms with Crippen molar-refractivity contribution in [3.05, 3.63) is 35.8 Å². The SMILES string of the molecule is COc1ncc(-c2cc(C(F)(F)F)c3c(NC(C)=O)ncnn23)cc1C(=O)N[C@@H]1CN(C(=O)[C@@](C)(O)C(F)(F)F)C[C@@H]1F. The van der Waals surface area contributed by atoms with E-state index >= 15 is 0 Å². The number of hydrogen-bond donors (Lipinski definition) is 3. The van der Waals surface area contributed by atoms with Crippen LogP contribution in [0.15, 0.2) is 24.7 Å². The van der Waals surface area contributed by atoms with E-state index in [4.69, 9.17) is 4.74 Å². The molecule has 3 aromatic rings. The fourth-order valence-corrected chi connectivity index (χ4v) is 4.38. The lowest BCUT2D eigenvalue weighted by Gasteiger charge is -2.29. The fourth-order valence-electron chi connectivity index (χ4n) is 4.38. The van der Waals surface area contributed by atoms with E-state index in [1.807, 2.05) is 0 Å². The van der Waals surface area contributed by atoms with Gasteiger partial charge in [-0.25, -0.2) is 18.9 Å². The van der Waals surface area contributed by atoms with Gasteiger partial charge in [-0.2, -0.15) is 31.4 Å². The minimum absolute atomic E-state index is 0.106. The monoisotopic (exact) mass is 621 g/mol. The van der Waals surface area contributed by atoms with E-state index in [-0.39, 0.29) is 24.1 Å². The second-order valence-electron chi connectivity index (χ2n) is 9.65. The fraction of sp³-hybridized carbons (Fsp3) is 0.417. The van der Waals surface area contributed by atoms with Gasteiger partial charge >= 0.3 is 12.4 Å². The van der Waals surface area contributed by atoms with Gasteiger partial charge in [0.15, 0.2) is 5.82 Å². The molecule has 43 heavy (non-hydrogen) atoms. The molecule has 0 spiro atoms. The zero-order chi connectivity index (χ0) is 32.1. The van der Waals surface area contributed by atoms with E-state index in [2.05, 4.69) is 25.7 Å². The van der Waals surface area contributed by atoms with Crippen molar-refractivity contribution in [3.8, 4) is 17.1 Å². The van der Waals surface area contributed by atoms with Crippen molar-refractivity contribution in [2.24, 2.45) is 0 Å². The number of anilines is 1. The maximum atomic E-state index is 14.7. The van der Waals surface area contributed by atoms with E-state index in [1.165, 1.54) is 0 Å². The van der Waals surface area contributed by atoms with Gasteiger partial charge in [-0.1, -0.05) is 0 Å². The first-order chi connectivity index (χ1) is 19.9. The van der Waals surface area contributed by atoms with Crippen molar-refractivity contribution < 1.29 is 55.0 Å². The highest BCUT2D eigenvalue weighted by Gasteiger charge is 2.58. The number of ether oxygens (including phenoxy) is 1. The molecule has 4 heterocycles. The number of amides is 3. The number of fused-ring (bicyclic) bond motifs is 1. The number of nitrogens with one attached hydrogen (secondary N) is 2. The van der Waals surface area contributed by atoms with Crippen LogP contribution < -0.4 is 15.4 Å². The largest absolute Gasteiger partial charge is 0.480 e. The van der Waals surface area contributed by atoms with E-state index in [0.717, 1.165) is 37.1 Å². The predicted molar refractivity (Wildman–Crippen MR) is 131 cm³/mol. The zero-order valence-corrected chi connectivity index (χ0v) is 22.3. The molecule has 3 aromatic heterocycles. The Labute approximate surface area is 236 Å². The van der Waals surface area contributed by atoms with Crippen LogP contribution in [0.4, 0.5) is 36.6 Å². The van der Waals surface area contributed by atoms with Crippen LogP contribution >= 0.6 is 0 Å². The first kappa shape index (κ1) is 31.4. The van der Waals surface area contributed by atoms with Crippen LogP contribution in [0.3, 0.4) is 0 Å². The molecule has 0 aromatic carbocycles. The summed E-state index contributed by atoms with van der Waals surface area (Å²) in [6.07, 6.45) is -10.4. The molecule has 1 saturated heterocycles. The summed E-state index contributed by atoms with van der Waals surface area (Å²) in [5, 5.41) is 17.9. The molecule has 19 heteroatoms. The number of alkyl halides is 7. The zero-order valence-electron chi connectivity index (χ0n) is 22.3. The summed E-state index contributed by atoms with van der Waals surface area (Å²) in [4.78, 5) is 45.0. The van der Waals surface area contributed by atoms with Gasteiger partial charge in [-0.3, -0.25) is 14.4 Å². The third-order valence-corrected chi connectivity index (χ3v) is 6.56. The molecule has 1 fully saturated rings. The highest BCUT2D eigenvalue weighted by Crippen LogP contribution is 2.40. The first-order valence-corrected chi connectivity index (χ1v) is 12.2. The number of pyridine rings is 1. The number of hydrogen-bond acceptors (Lipinski definition) is 8. The molecule has 3 amide bonds. The summed E-state index contributed by atoms with van der Waals surface area (Å²) in [7, 11) is 1.12. The molecular weight excluding hydrogens is 599 g/mol. The average Bonchev–Trinajstić information content (AvgIpc) is 3.48. The molecule has 1 aliphatic heterocycles. The molecule has 3 atom stereocenters. The Bertz CT molecular complexity index is 1590. The Hall–Kier alpha value is -4.55. The van der Waals surface area contributed by atoms with E-state index in [1.54, 1.807) is 0 Å². The lowest BCUT2D eigenvalue weighted by Crippen LogP contribution is -2.56. The van der Waals surface area contributed by atoms with Gasteiger partial charge in [0.1, 0.15) is 23.6 Å². The molecule has 0 aliphatic carbocycles. The maximum absolute atomic E-state index is 14.7. The normalized spacial score (nSPS) is 18.8. The third kappa shape index (κ3) is 5.88. The van der Waals surface area contributed by atoms with Gasteiger partial charge in [0.05, 0.1) is 31.0 Å². The number of methoxy groups -OCH3 is 1. The summed E-state index contributed by atoms with van der Waals surface area (Å²) in [5.41, 5.74) is -6.38. The minimum Gasteiger partial charge on any atom is -0.480 e. The molecule has 0 bridgehead atoms. The molecule has 232 valence electrons. The van der Waals surface area contributed by atoms with Gasteiger partial charge in [0, 0.05) is 25.2 Å². The van der Waals surface area contributed by atoms with Crippen molar-refractivity contribution in [3.63, 3.8) is 0 Å². The van der Waals surface area contributed by atoms with Gasteiger partial charge in [-0.05, 0) is 19.1 Å². The molecule has 3 N–H and O–H groups in total. The van der Waals surface area contributed by atoms with E-state index in [9.17, 15) is 50.2 Å². The number of aliphatic hydroxyl groups is 1. The van der Waals surface area contributed by atoms with Crippen molar-refractivity contribution in [2.75, 3.05) is 25.5 Å². The molecular formula is C24H22F7N7O5. The molecule has 0 radical (unpaired) electrons. The Morgan fingerprint density at radius 1 is 1.09 bits per heavy atom. The molecule has 4 rings (SSSR count). The number of carbonyl (C=O) groups excluding carboxylic acids is 3. The van der Waals surface area contributed by atoms with Crippen LogP contribution in [0.1, 0.15) is 29.8 Å². The van der Waals surface area contributed by atoms with Crippen LogP contribution in [-0.2, 0) is 15.8 Å². The molecule has 1 aliphatic rings. The topological polar surface area (TPSA) is 151 Å². The number of rotatable bonds is 6. The lowest BCUT2D eigenvalue weighted by atomic mass is 10.1. The van der Waals surface area contributed by atoms with Gasteiger partial charge in [0.25, 0.3) is 11.8 Å².